The molecule has 0 radical (unpaired) electrons. The Balaban J connectivity index is 1.23. The topological polar surface area (TPSA) is 63.4 Å². The van der Waals surface area contributed by atoms with Gasteiger partial charge in [0.15, 0.2) is 11.7 Å². The fourth-order valence-corrected chi connectivity index (χ4v) is 8.09. The highest BCUT2D eigenvalue weighted by Gasteiger charge is 2.26. The van der Waals surface area contributed by atoms with Crippen molar-refractivity contribution >= 4 is 78.9 Å². The van der Waals surface area contributed by atoms with Crippen molar-refractivity contribution < 1.29 is 8.83 Å². The zero-order chi connectivity index (χ0) is 36.2. The van der Waals surface area contributed by atoms with E-state index in [1.54, 1.807) is 0 Å². The van der Waals surface area contributed by atoms with E-state index < -0.39 is 0 Å². The minimum atomic E-state index is 0.307. The second-order valence-corrected chi connectivity index (χ2v) is 14.0. The number of rotatable bonds is 5. The summed E-state index contributed by atoms with van der Waals surface area (Å²) < 4.78 is 12.9. The highest BCUT2D eigenvalue weighted by Crippen LogP contribution is 2.45. The van der Waals surface area contributed by atoms with Crippen LogP contribution in [0.15, 0.2) is 169 Å². The molecule has 10 rings (SSSR count). The second-order valence-electron chi connectivity index (χ2n) is 14.0. The summed E-state index contributed by atoms with van der Waals surface area (Å²) in [5.41, 5.74) is 8.50. The standard InChI is InChI=1S/C49H35N3O2/c1-30-11-9-19-41-44(30)45-37(17-10-20-42(45)54-41)38-25-26-43-46(39-16-7-8-18-40(39)53-43)47(38)49(50-2)52-48(36-24-23-33-13-4-6-15-35(33)28-36)51-29-31-21-22-32-12-3-5-14-34(32)27-31/h3-10,12-28,30H,2,11,29H2,1H3/b51-48-,52-49-. The van der Waals surface area contributed by atoms with Crippen molar-refractivity contribution in [1.82, 2.24) is 0 Å². The maximum atomic E-state index is 6.46. The average molecular weight is 698 g/mol. The van der Waals surface area contributed by atoms with Gasteiger partial charge in [0, 0.05) is 32.8 Å². The molecular formula is C49H35N3O2. The van der Waals surface area contributed by atoms with Crippen molar-refractivity contribution in [1.29, 1.82) is 0 Å². The number of nitrogens with zero attached hydrogens (tertiary/aromatic N) is 3. The van der Waals surface area contributed by atoms with E-state index in [0.717, 1.165) is 83.7 Å². The molecule has 0 amide bonds. The van der Waals surface area contributed by atoms with E-state index in [1.165, 1.54) is 16.3 Å². The van der Waals surface area contributed by atoms with Crippen LogP contribution >= 0.6 is 0 Å². The lowest BCUT2D eigenvalue weighted by Gasteiger charge is -2.16. The third-order valence-electron chi connectivity index (χ3n) is 10.7. The Labute approximate surface area is 312 Å². The lowest BCUT2D eigenvalue weighted by atomic mass is 9.86. The van der Waals surface area contributed by atoms with E-state index in [0.29, 0.717) is 24.1 Å². The first-order valence-electron chi connectivity index (χ1n) is 18.4. The van der Waals surface area contributed by atoms with Crippen molar-refractivity contribution in [2.45, 2.75) is 25.8 Å². The van der Waals surface area contributed by atoms with Gasteiger partial charge in [-0.15, -0.1) is 0 Å². The molecule has 0 saturated carbocycles. The van der Waals surface area contributed by atoms with Crippen molar-refractivity contribution in [2.75, 3.05) is 0 Å². The molecular weight excluding hydrogens is 663 g/mol. The van der Waals surface area contributed by atoms with Gasteiger partial charge in [0.1, 0.15) is 22.5 Å². The summed E-state index contributed by atoms with van der Waals surface area (Å²) in [7, 11) is 0. The van der Waals surface area contributed by atoms with E-state index in [2.05, 4.69) is 147 Å². The molecule has 5 nitrogen and oxygen atoms in total. The molecule has 258 valence electrons. The number of para-hydroxylation sites is 1. The Hall–Kier alpha value is -6.85. The Morgan fingerprint density at radius 3 is 2.20 bits per heavy atom. The third-order valence-corrected chi connectivity index (χ3v) is 10.7. The van der Waals surface area contributed by atoms with Crippen molar-refractivity contribution in [3.8, 4) is 11.1 Å². The van der Waals surface area contributed by atoms with E-state index in [9.17, 15) is 0 Å². The Bertz CT molecular complexity index is 3050. The van der Waals surface area contributed by atoms with Crippen LogP contribution in [0.4, 0.5) is 0 Å². The van der Waals surface area contributed by atoms with Gasteiger partial charge in [-0.2, -0.15) is 0 Å². The first kappa shape index (κ1) is 31.9. The zero-order valence-electron chi connectivity index (χ0n) is 29.8. The van der Waals surface area contributed by atoms with E-state index in [1.807, 2.05) is 18.2 Å². The normalized spacial score (nSPS) is 14.8. The van der Waals surface area contributed by atoms with Crippen LogP contribution in [0.2, 0.25) is 0 Å². The van der Waals surface area contributed by atoms with Crippen molar-refractivity contribution in [3.05, 3.63) is 174 Å². The minimum absolute atomic E-state index is 0.307. The molecule has 2 aromatic heterocycles. The number of fused-ring (bicyclic) bond motifs is 8. The molecule has 0 saturated heterocycles. The van der Waals surface area contributed by atoms with Crippen molar-refractivity contribution in [3.63, 3.8) is 0 Å². The summed E-state index contributed by atoms with van der Waals surface area (Å²) >= 11 is 0. The maximum Gasteiger partial charge on any atom is 0.162 e. The molecule has 5 heteroatoms. The molecule has 54 heavy (non-hydrogen) atoms. The summed E-state index contributed by atoms with van der Waals surface area (Å²) in [4.78, 5) is 15.3. The van der Waals surface area contributed by atoms with E-state index >= 15 is 0 Å². The molecule has 1 unspecified atom stereocenters. The number of hydrogen-bond donors (Lipinski definition) is 0. The molecule has 0 N–H and O–H groups in total. The minimum Gasteiger partial charge on any atom is -0.456 e. The summed E-state index contributed by atoms with van der Waals surface area (Å²) in [6.07, 6.45) is 5.26. The Morgan fingerprint density at radius 1 is 0.648 bits per heavy atom. The maximum absolute atomic E-state index is 6.46. The molecule has 0 fully saturated rings. The van der Waals surface area contributed by atoms with Gasteiger partial charge in [-0.25, -0.2) is 9.98 Å². The first-order chi connectivity index (χ1) is 26.6. The van der Waals surface area contributed by atoms with Crippen LogP contribution in [0.5, 0.6) is 0 Å². The lowest BCUT2D eigenvalue weighted by Crippen LogP contribution is -2.08. The molecule has 0 aliphatic heterocycles. The van der Waals surface area contributed by atoms with E-state index in [4.69, 9.17) is 23.8 Å². The zero-order valence-corrected chi connectivity index (χ0v) is 29.8. The average Bonchev–Trinajstić information content (AvgIpc) is 3.80. The van der Waals surface area contributed by atoms with Crippen LogP contribution < -0.4 is 0 Å². The van der Waals surface area contributed by atoms with Crippen LogP contribution in [0.25, 0.3) is 71.7 Å². The highest BCUT2D eigenvalue weighted by atomic mass is 16.3. The van der Waals surface area contributed by atoms with Gasteiger partial charge in [-0.3, -0.25) is 4.99 Å². The third kappa shape index (κ3) is 5.36. The quantitative estimate of drug-likeness (QED) is 0.133. The number of benzene rings is 7. The molecule has 1 aliphatic rings. The van der Waals surface area contributed by atoms with Crippen LogP contribution in [0, 0.1) is 0 Å². The first-order valence-corrected chi connectivity index (χ1v) is 18.4. The number of hydrogen-bond acceptors (Lipinski definition) is 3. The largest absolute Gasteiger partial charge is 0.456 e. The SMILES string of the molecule is C=N/C(=N\C(=N/Cc1ccc2ccccc2c1)c1ccc2ccccc2c1)c1c(-c2cccc3oc4c(c23)C(C)CC=C4)ccc2oc3ccccc3c12. The summed E-state index contributed by atoms with van der Waals surface area (Å²) in [6.45, 7) is 6.84. The Morgan fingerprint density at radius 2 is 1.37 bits per heavy atom. The molecule has 7 aromatic carbocycles. The highest BCUT2D eigenvalue weighted by molar-refractivity contribution is 6.25. The molecule has 1 aliphatic carbocycles. The smallest absolute Gasteiger partial charge is 0.162 e. The summed E-state index contributed by atoms with van der Waals surface area (Å²) in [6, 6.07) is 48.2. The Kier molecular flexibility index (Phi) is 7.65. The van der Waals surface area contributed by atoms with Gasteiger partial charge in [0.25, 0.3) is 0 Å². The van der Waals surface area contributed by atoms with E-state index in [-0.39, 0.29) is 0 Å². The van der Waals surface area contributed by atoms with Crippen LogP contribution in [-0.4, -0.2) is 18.4 Å². The number of allylic oxidation sites excluding steroid dienone is 1. The van der Waals surface area contributed by atoms with Gasteiger partial charge in [0.05, 0.1) is 6.54 Å². The van der Waals surface area contributed by atoms with Gasteiger partial charge in [0.2, 0.25) is 0 Å². The predicted molar refractivity (Wildman–Crippen MR) is 225 cm³/mol. The molecule has 0 bridgehead atoms. The fraction of sp³-hybridized carbons (Fsp3) is 0.0816. The van der Waals surface area contributed by atoms with Gasteiger partial charge in [-0.1, -0.05) is 116 Å². The fourth-order valence-electron chi connectivity index (χ4n) is 8.09. The molecule has 1 atom stereocenters. The number of furan rings is 2. The summed E-state index contributed by atoms with van der Waals surface area (Å²) in [5, 5.41) is 7.67. The summed E-state index contributed by atoms with van der Waals surface area (Å²) in [5.74, 6) is 2.27. The van der Waals surface area contributed by atoms with Crippen LogP contribution in [0.3, 0.4) is 0 Å². The monoisotopic (exact) mass is 697 g/mol. The number of amidine groups is 2. The van der Waals surface area contributed by atoms with Gasteiger partial charge in [-0.05, 0) is 99.8 Å². The predicted octanol–water partition coefficient (Wildman–Crippen LogP) is 12.9. The lowest BCUT2D eigenvalue weighted by molar-refractivity contribution is 0.586. The van der Waals surface area contributed by atoms with Crippen LogP contribution in [-0.2, 0) is 6.54 Å². The van der Waals surface area contributed by atoms with Gasteiger partial charge < -0.3 is 8.83 Å². The van der Waals surface area contributed by atoms with Crippen molar-refractivity contribution in [2.24, 2.45) is 15.0 Å². The van der Waals surface area contributed by atoms with Crippen LogP contribution in [0.1, 0.15) is 47.3 Å². The molecule has 0 spiro atoms. The molecule has 9 aromatic rings. The second kappa shape index (κ2) is 13.0. The molecule has 2 heterocycles. The number of aliphatic imine (C=N–C) groups is 3. The van der Waals surface area contributed by atoms with Gasteiger partial charge >= 0.3 is 0 Å².